The van der Waals surface area contributed by atoms with Gasteiger partial charge in [0.25, 0.3) is 10.0 Å². The van der Waals surface area contributed by atoms with Gasteiger partial charge in [0.1, 0.15) is 4.90 Å². The highest BCUT2D eigenvalue weighted by molar-refractivity contribution is 7.92. The molecule has 1 aromatic carbocycles. The third-order valence-electron chi connectivity index (χ3n) is 2.88. The Morgan fingerprint density at radius 3 is 2.52 bits per heavy atom. The van der Waals surface area contributed by atoms with Crippen LogP contribution in [0.5, 0.6) is 11.5 Å². The number of ether oxygens (including phenoxy) is 2. The second-order valence-corrected chi connectivity index (χ2v) is 5.89. The second kappa shape index (κ2) is 6.04. The van der Waals surface area contributed by atoms with Crippen molar-refractivity contribution in [1.29, 1.82) is 0 Å². The number of hydrogen-bond donors (Lipinski definition) is 1. The fourth-order valence-electron chi connectivity index (χ4n) is 1.77. The van der Waals surface area contributed by atoms with Crippen molar-refractivity contribution in [3.05, 3.63) is 30.6 Å². The number of anilines is 1. The Labute approximate surface area is 123 Å². The molecule has 0 radical (unpaired) electrons. The van der Waals surface area contributed by atoms with Crippen LogP contribution in [0, 0.1) is 0 Å². The van der Waals surface area contributed by atoms with E-state index in [0.717, 1.165) is 0 Å². The minimum Gasteiger partial charge on any atom is -0.493 e. The van der Waals surface area contributed by atoms with Crippen molar-refractivity contribution in [2.75, 3.05) is 18.9 Å². The fraction of sp³-hybridized carbons (Fsp3) is 0.308. The molecule has 2 aromatic rings. The zero-order valence-electron chi connectivity index (χ0n) is 12.0. The lowest BCUT2D eigenvalue weighted by molar-refractivity contribution is 0.355. The van der Waals surface area contributed by atoms with Gasteiger partial charge >= 0.3 is 0 Å². The Morgan fingerprint density at radius 2 is 1.95 bits per heavy atom. The van der Waals surface area contributed by atoms with Gasteiger partial charge in [0.2, 0.25) is 0 Å². The number of sulfonamides is 1. The van der Waals surface area contributed by atoms with Crippen molar-refractivity contribution in [2.45, 2.75) is 18.4 Å². The first kappa shape index (κ1) is 15.2. The third-order valence-corrected chi connectivity index (χ3v) is 4.22. The van der Waals surface area contributed by atoms with Gasteiger partial charge < -0.3 is 9.47 Å². The quantitative estimate of drug-likeness (QED) is 0.878. The molecule has 0 aliphatic carbocycles. The molecule has 114 valence electrons. The number of nitrogens with zero attached hydrogens (tertiary/aromatic N) is 2. The van der Waals surface area contributed by atoms with Crippen molar-refractivity contribution < 1.29 is 17.9 Å². The summed E-state index contributed by atoms with van der Waals surface area (Å²) in [4.78, 5) is 0.110. The van der Waals surface area contributed by atoms with Gasteiger partial charge in [0.05, 0.1) is 26.1 Å². The van der Waals surface area contributed by atoms with Crippen LogP contribution in [0.4, 0.5) is 5.69 Å². The van der Waals surface area contributed by atoms with Crippen LogP contribution in [0.3, 0.4) is 0 Å². The van der Waals surface area contributed by atoms with Crippen LogP contribution in [-0.4, -0.2) is 32.4 Å². The van der Waals surface area contributed by atoms with Crippen molar-refractivity contribution in [2.24, 2.45) is 0 Å². The SMILES string of the molecule is CCn1cc(S(=O)(=O)Nc2ccc(OC)c(OC)c2)cn1. The Kier molecular flexibility index (Phi) is 4.37. The van der Waals surface area contributed by atoms with Crippen molar-refractivity contribution >= 4 is 15.7 Å². The molecule has 2 rings (SSSR count). The minimum absolute atomic E-state index is 0.110. The van der Waals surface area contributed by atoms with Crippen LogP contribution in [0.25, 0.3) is 0 Å². The first-order valence-electron chi connectivity index (χ1n) is 6.27. The average molecular weight is 311 g/mol. The Bertz CT molecular complexity index is 725. The molecule has 0 spiro atoms. The number of nitrogens with one attached hydrogen (secondary N) is 1. The molecular weight excluding hydrogens is 294 g/mol. The maximum absolute atomic E-state index is 12.2. The predicted octanol–water partition coefficient (Wildman–Crippen LogP) is 1.72. The summed E-state index contributed by atoms with van der Waals surface area (Å²) in [6, 6.07) is 4.79. The molecule has 0 unspecified atom stereocenters. The molecule has 1 aromatic heterocycles. The molecule has 0 aliphatic heterocycles. The summed E-state index contributed by atoms with van der Waals surface area (Å²) in [5, 5.41) is 3.96. The van der Waals surface area contributed by atoms with Gasteiger partial charge in [-0.05, 0) is 19.1 Å². The summed E-state index contributed by atoms with van der Waals surface area (Å²) >= 11 is 0. The third kappa shape index (κ3) is 3.27. The van der Waals surface area contributed by atoms with Gasteiger partial charge in [-0.1, -0.05) is 0 Å². The van der Waals surface area contributed by atoms with E-state index in [9.17, 15) is 8.42 Å². The van der Waals surface area contributed by atoms with E-state index in [2.05, 4.69) is 9.82 Å². The van der Waals surface area contributed by atoms with Crippen LogP contribution in [0.1, 0.15) is 6.92 Å². The van der Waals surface area contributed by atoms with E-state index in [1.54, 1.807) is 22.9 Å². The van der Waals surface area contributed by atoms with Crippen LogP contribution < -0.4 is 14.2 Å². The van der Waals surface area contributed by atoms with Crippen molar-refractivity contribution in [1.82, 2.24) is 9.78 Å². The Morgan fingerprint density at radius 1 is 1.24 bits per heavy atom. The van der Waals surface area contributed by atoms with E-state index in [-0.39, 0.29) is 4.90 Å². The molecule has 0 atom stereocenters. The molecule has 1 heterocycles. The van der Waals surface area contributed by atoms with Gasteiger partial charge in [-0.3, -0.25) is 9.40 Å². The largest absolute Gasteiger partial charge is 0.493 e. The monoisotopic (exact) mass is 311 g/mol. The molecule has 21 heavy (non-hydrogen) atoms. The first-order chi connectivity index (χ1) is 10.00. The summed E-state index contributed by atoms with van der Waals surface area (Å²) < 4.78 is 38.8. The summed E-state index contributed by atoms with van der Waals surface area (Å²) in [5.74, 6) is 0.973. The van der Waals surface area contributed by atoms with Gasteiger partial charge in [-0.15, -0.1) is 0 Å². The predicted molar refractivity (Wildman–Crippen MR) is 78.3 cm³/mol. The lowest BCUT2D eigenvalue weighted by atomic mass is 10.3. The standard InChI is InChI=1S/C13H17N3O4S/c1-4-16-9-11(8-14-16)21(17,18)15-10-5-6-12(19-2)13(7-10)20-3/h5-9,15H,4H2,1-3H3. The van der Waals surface area contributed by atoms with E-state index in [4.69, 9.17) is 9.47 Å². The first-order valence-corrected chi connectivity index (χ1v) is 7.75. The van der Waals surface area contributed by atoms with Crippen molar-refractivity contribution in [3.63, 3.8) is 0 Å². The fourth-order valence-corrected chi connectivity index (χ4v) is 2.77. The van der Waals surface area contributed by atoms with E-state index < -0.39 is 10.0 Å². The molecule has 0 aliphatic rings. The van der Waals surface area contributed by atoms with Gasteiger partial charge in [-0.2, -0.15) is 5.10 Å². The molecule has 0 bridgehead atoms. The van der Waals surface area contributed by atoms with Crippen LogP contribution in [-0.2, 0) is 16.6 Å². The zero-order valence-corrected chi connectivity index (χ0v) is 12.8. The molecular formula is C13H17N3O4S. The summed E-state index contributed by atoms with van der Waals surface area (Å²) in [5.41, 5.74) is 0.386. The van der Waals surface area contributed by atoms with Crippen LogP contribution in [0.2, 0.25) is 0 Å². The molecule has 0 saturated carbocycles. The summed E-state index contributed by atoms with van der Waals surface area (Å²) in [6.45, 7) is 2.48. The molecule has 0 amide bonds. The molecule has 7 nitrogen and oxygen atoms in total. The maximum atomic E-state index is 12.2. The Balaban J connectivity index is 2.28. The number of methoxy groups -OCH3 is 2. The molecule has 1 N–H and O–H groups in total. The van der Waals surface area contributed by atoms with E-state index >= 15 is 0 Å². The average Bonchev–Trinajstić information content (AvgIpc) is 2.96. The molecule has 0 fully saturated rings. The zero-order chi connectivity index (χ0) is 15.5. The number of rotatable bonds is 6. The highest BCUT2D eigenvalue weighted by Crippen LogP contribution is 2.30. The second-order valence-electron chi connectivity index (χ2n) is 4.21. The minimum atomic E-state index is -3.68. The lowest BCUT2D eigenvalue weighted by Crippen LogP contribution is -2.12. The van der Waals surface area contributed by atoms with E-state index in [1.165, 1.54) is 26.6 Å². The van der Waals surface area contributed by atoms with E-state index in [0.29, 0.717) is 23.7 Å². The Hall–Kier alpha value is -2.22. The maximum Gasteiger partial charge on any atom is 0.265 e. The van der Waals surface area contributed by atoms with Crippen LogP contribution in [0.15, 0.2) is 35.5 Å². The van der Waals surface area contributed by atoms with Crippen LogP contribution >= 0.6 is 0 Å². The van der Waals surface area contributed by atoms with Gasteiger partial charge in [0, 0.05) is 18.8 Å². The summed E-state index contributed by atoms with van der Waals surface area (Å²) in [6.07, 6.45) is 2.79. The lowest BCUT2D eigenvalue weighted by Gasteiger charge is -2.11. The number of benzene rings is 1. The highest BCUT2D eigenvalue weighted by Gasteiger charge is 2.17. The highest BCUT2D eigenvalue weighted by atomic mass is 32.2. The van der Waals surface area contributed by atoms with Crippen molar-refractivity contribution in [3.8, 4) is 11.5 Å². The molecule has 8 heteroatoms. The van der Waals surface area contributed by atoms with Gasteiger partial charge in [0.15, 0.2) is 11.5 Å². The number of hydrogen-bond acceptors (Lipinski definition) is 5. The topological polar surface area (TPSA) is 82.5 Å². The smallest absolute Gasteiger partial charge is 0.265 e. The molecule has 0 saturated heterocycles. The normalized spacial score (nSPS) is 11.2. The van der Waals surface area contributed by atoms with Gasteiger partial charge in [-0.25, -0.2) is 8.42 Å². The number of aryl methyl sites for hydroxylation is 1. The number of aromatic nitrogens is 2. The summed E-state index contributed by atoms with van der Waals surface area (Å²) in [7, 11) is -0.675. The van der Waals surface area contributed by atoms with E-state index in [1.807, 2.05) is 6.92 Å².